The van der Waals surface area contributed by atoms with Crippen molar-refractivity contribution < 1.29 is 9.59 Å². The quantitative estimate of drug-likeness (QED) is 0.707. The Balaban J connectivity index is 1.56. The highest BCUT2D eigenvalue weighted by atomic mass is 16.2. The zero-order valence-electron chi connectivity index (χ0n) is 19.1. The summed E-state index contributed by atoms with van der Waals surface area (Å²) >= 11 is 0. The van der Waals surface area contributed by atoms with Gasteiger partial charge in [0.05, 0.1) is 5.54 Å². The van der Waals surface area contributed by atoms with Crippen molar-refractivity contribution in [3.63, 3.8) is 0 Å². The van der Waals surface area contributed by atoms with E-state index in [9.17, 15) is 9.59 Å². The van der Waals surface area contributed by atoms with Crippen LogP contribution in [0, 0.1) is 34.5 Å². The third-order valence-electron chi connectivity index (χ3n) is 9.83. The fourth-order valence-electron chi connectivity index (χ4n) is 8.04. The summed E-state index contributed by atoms with van der Waals surface area (Å²) in [6, 6.07) is 0.406. The maximum atomic E-state index is 13.2. The number of carbonyl (C=O) groups is 2. The van der Waals surface area contributed by atoms with Crippen LogP contribution < -0.4 is 5.32 Å². The molecule has 2 amide bonds. The lowest BCUT2D eigenvalue weighted by Gasteiger charge is -2.61. The van der Waals surface area contributed by atoms with Gasteiger partial charge in [0.2, 0.25) is 11.8 Å². The van der Waals surface area contributed by atoms with Crippen LogP contribution in [-0.2, 0) is 9.59 Å². The van der Waals surface area contributed by atoms with Crippen LogP contribution in [0.5, 0.6) is 0 Å². The molecule has 4 fully saturated rings. The van der Waals surface area contributed by atoms with Crippen LogP contribution in [0.4, 0.5) is 0 Å². The first-order valence-electron chi connectivity index (χ1n) is 11.7. The van der Waals surface area contributed by atoms with Gasteiger partial charge in [0, 0.05) is 25.4 Å². The molecule has 1 aliphatic heterocycles. The molecule has 0 bridgehead atoms. The number of hydrogen-bond donors (Lipinski definition) is 1. The Labute approximate surface area is 176 Å². The fourth-order valence-corrected chi connectivity index (χ4v) is 8.04. The average Bonchev–Trinajstić information content (AvgIpc) is 3.02. The molecule has 0 aromatic rings. The summed E-state index contributed by atoms with van der Waals surface area (Å²) in [7, 11) is 2.02. The number of nitrogens with one attached hydrogen (secondary N) is 1. The van der Waals surface area contributed by atoms with Gasteiger partial charge in [-0.1, -0.05) is 19.9 Å². The fraction of sp³-hybridized carbons (Fsp3) is 0.840. The van der Waals surface area contributed by atoms with Gasteiger partial charge in [-0.3, -0.25) is 9.59 Å². The molecule has 1 N–H and O–H groups in total. The van der Waals surface area contributed by atoms with Gasteiger partial charge in [-0.05, 0) is 87.4 Å². The normalized spacial score (nSPS) is 44.5. The Hall–Kier alpha value is -1.32. The van der Waals surface area contributed by atoms with E-state index in [1.807, 2.05) is 27.0 Å². The number of amides is 2. The largest absolute Gasteiger partial charge is 0.348 e. The minimum Gasteiger partial charge on any atom is -0.348 e. The van der Waals surface area contributed by atoms with Gasteiger partial charge in [-0.2, -0.15) is 0 Å². The van der Waals surface area contributed by atoms with Crippen LogP contribution in [0.2, 0.25) is 0 Å². The number of nitrogens with zero attached hydrogens (tertiary/aromatic N) is 1. The van der Waals surface area contributed by atoms with Crippen LogP contribution in [-0.4, -0.2) is 35.3 Å². The molecule has 4 rings (SSSR count). The molecule has 0 radical (unpaired) electrons. The van der Waals surface area contributed by atoms with Crippen molar-refractivity contribution in [1.29, 1.82) is 0 Å². The van der Waals surface area contributed by atoms with Crippen molar-refractivity contribution in [2.24, 2.45) is 34.5 Å². The lowest BCUT2D eigenvalue weighted by Crippen LogP contribution is -2.61. The Morgan fingerprint density at radius 2 is 1.79 bits per heavy atom. The molecule has 0 spiro atoms. The molecule has 3 saturated carbocycles. The summed E-state index contributed by atoms with van der Waals surface area (Å²) < 4.78 is 0. The van der Waals surface area contributed by atoms with E-state index in [2.05, 4.69) is 30.6 Å². The lowest BCUT2D eigenvalue weighted by atomic mass is 9.47. The molecular weight excluding hydrogens is 360 g/mol. The molecule has 4 aliphatic rings. The number of hydrogen-bond acceptors (Lipinski definition) is 2. The van der Waals surface area contributed by atoms with E-state index < -0.39 is 0 Å². The van der Waals surface area contributed by atoms with Gasteiger partial charge >= 0.3 is 0 Å². The molecule has 3 aliphatic carbocycles. The van der Waals surface area contributed by atoms with Crippen molar-refractivity contribution in [3.05, 3.63) is 12.7 Å². The summed E-state index contributed by atoms with van der Waals surface area (Å²) in [4.78, 5) is 27.6. The molecule has 0 aromatic heterocycles. The van der Waals surface area contributed by atoms with E-state index in [4.69, 9.17) is 0 Å². The van der Waals surface area contributed by atoms with Crippen molar-refractivity contribution in [2.75, 3.05) is 7.05 Å². The van der Waals surface area contributed by atoms with Crippen LogP contribution in [0.1, 0.15) is 79.1 Å². The predicted molar refractivity (Wildman–Crippen MR) is 116 cm³/mol. The van der Waals surface area contributed by atoms with Gasteiger partial charge in [0.25, 0.3) is 0 Å². The van der Waals surface area contributed by atoms with E-state index in [0.717, 1.165) is 25.7 Å². The minimum absolute atomic E-state index is 0.113. The highest BCUT2D eigenvalue weighted by Gasteiger charge is 2.62. The third-order valence-corrected chi connectivity index (χ3v) is 9.83. The molecule has 1 unspecified atom stereocenters. The van der Waals surface area contributed by atoms with Gasteiger partial charge in [-0.15, -0.1) is 6.58 Å². The first-order chi connectivity index (χ1) is 13.5. The SMILES string of the molecule is C=CC(C)(C)NC(=O)[C@H]1CC[C@H]2[C@@H]3CCC4N(C)C(=O)CC[C@]4(C)[C@H]3CC[C@]12C. The molecule has 1 heterocycles. The Morgan fingerprint density at radius 3 is 2.48 bits per heavy atom. The Morgan fingerprint density at radius 1 is 1.10 bits per heavy atom. The second-order valence-corrected chi connectivity index (χ2v) is 11.6. The monoisotopic (exact) mass is 400 g/mol. The number of likely N-dealkylation sites (tertiary alicyclic amines) is 1. The predicted octanol–water partition coefficient (Wildman–Crippen LogP) is 4.55. The average molecular weight is 401 g/mol. The maximum absolute atomic E-state index is 13.2. The van der Waals surface area contributed by atoms with E-state index in [1.165, 1.54) is 19.3 Å². The molecule has 162 valence electrons. The third kappa shape index (κ3) is 3.08. The topological polar surface area (TPSA) is 49.4 Å². The minimum atomic E-state index is -0.354. The highest BCUT2D eigenvalue weighted by Crippen LogP contribution is 2.66. The molecule has 4 nitrogen and oxygen atoms in total. The van der Waals surface area contributed by atoms with Crippen LogP contribution in [0.3, 0.4) is 0 Å². The zero-order chi connectivity index (χ0) is 21.2. The first kappa shape index (κ1) is 20.9. The van der Waals surface area contributed by atoms with Crippen molar-refractivity contribution >= 4 is 11.8 Å². The van der Waals surface area contributed by atoms with Crippen LogP contribution in [0.25, 0.3) is 0 Å². The number of carbonyl (C=O) groups excluding carboxylic acids is 2. The second kappa shape index (κ2) is 6.85. The zero-order valence-corrected chi connectivity index (χ0v) is 19.1. The van der Waals surface area contributed by atoms with Gasteiger partial charge in [0.1, 0.15) is 0 Å². The number of piperidine rings is 1. The van der Waals surface area contributed by atoms with Gasteiger partial charge in [-0.25, -0.2) is 0 Å². The smallest absolute Gasteiger partial charge is 0.224 e. The molecule has 1 saturated heterocycles. The Bertz CT molecular complexity index is 716. The van der Waals surface area contributed by atoms with E-state index >= 15 is 0 Å². The number of fused-ring (bicyclic) bond motifs is 5. The lowest BCUT2D eigenvalue weighted by molar-refractivity contribution is -0.159. The van der Waals surface area contributed by atoms with Crippen molar-refractivity contribution in [1.82, 2.24) is 10.2 Å². The van der Waals surface area contributed by atoms with Crippen molar-refractivity contribution in [2.45, 2.75) is 90.6 Å². The maximum Gasteiger partial charge on any atom is 0.224 e. The van der Waals surface area contributed by atoms with E-state index in [0.29, 0.717) is 36.1 Å². The van der Waals surface area contributed by atoms with E-state index in [-0.39, 0.29) is 28.2 Å². The Kier molecular flexibility index (Phi) is 4.94. The summed E-state index contributed by atoms with van der Waals surface area (Å²) in [5.41, 5.74) is 0.00760. The number of rotatable bonds is 3. The van der Waals surface area contributed by atoms with Gasteiger partial charge in [0.15, 0.2) is 0 Å². The summed E-state index contributed by atoms with van der Waals surface area (Å²) in [6.07, 6.45) is 10.5. The molecule has 4 heteroatoms. The summed E-state index contributed by atoms with van der Waals surface area (Å²) in [5.74, 6) is 2.72. The van der Waals surface area contributed by atoms with Crippen molar-refractivity contribution in [3.8, 4) is 0 Å². The molecule has 7 atom stereocenters. The molecular formula is C25H40N2O2. The highest BCUT2D eigenvalue weighted by molar-refractivity contribution is 5.81. The first-order valence-corrected chi connectivity index (χ1v) is 11.7. The molecule has 29 heavy (non-hydrogen) atoms. The summed E-state index contributed by atoms with van der Waals surface area (Å²) in [6.45, 7) is 12.8. The summed E-state index contributed by atoms with van der Waals surface area (Å²) in [5, 5.41) is 3.24. The van der Waals surface area contributed by atoms with Crippen LogP contribution >= 0.6 is 0 Å². The molecule has 0 aromatic carbocycles. The standard InChI is InChI=1S/C25H40N2O2/c1-7-23(2,3)26-22(29)19-10-9-17-16-8-11-20-25(5,15-13-21(28)27(20)6)18(16)12-14-24(17,19)4/h7,16-20H,1,8-15H2,2-6H3,(H,26,29)/t16-,17-,18-,19+,20?,24-,25+/m0/s1. The second-order valence-electron chi connectivity index (χ2n) is 11.6. The van der Waals surface area contributed by atoms with E-state index in [1.54, 1.807) is 0 Å². The van der Waals surface area contributed by atoms with Crippen LogP contribution in [0.15, 0.2) is 12.7 Å². The van der Waals surface area contributed by atoms with Gasteiger partial charge < -0.3 is 10.2 Å².